The van der Waals surface area contributed by atoms with E-state index in [0.29, 0.717) is 5.02 Å². The van der Waals surface area contributed by atoms with E-state index in [1.165, 1.54) is 0 Å². The highest BCUT2D eigenvalue weighted by molar-refractivity contribution is 6.31. The summed E-state index contributed by atoms with van der Waals surface area (Å²) in [7, 11) is 0. The van der Waals surface area contributed by atoms with Crippen LogP contribution in [0.2, 0.25) is 5.02 Å². The van der Waals surface area contributed by atoms with E-state index in [1.807, 2.05) is 12.1 Å². The van der Waals surface area contributed by atoms with Gasteiger partial charge in [0, 0.05) is 5.02 Å². The summed E-state index contributed by atoms with van der Waals surface area (Å²) in [5, 5.41) is 17.8. The van der Waals surface area contributed by atoms with Gasteiger partial charge in [0.05, 0.1) is 24.5 Å². The fraction of sp³-hybridized carbons (Fsp3) is 0.200. The first-order chi connectivity index (χ1) is 6.29. The van der Waals surface area contributed by atoms with Crippen molar-refractivity contribution < 1.29 is 0 Å². The molecule has 0 saturated heterocycles. The second-order valence-corrected chi connectivity index (χ2v) is 2.97. The molecule has 0 aliphatic heterocycles. The minimum absolute atomic E-state index is 0.181. The minimum atomic E-state index is -0.418. The van der Waals surface area contributed by atoms with Crippen LogP contribution in [0, 0.1) is 22.7 Å². The van der Waals surface area contributed by atoms with Crippen LogP contribution in [0.4, 0.5) is 0 Å². The number of hydrogen-bond donors (Lipinski definition) is 0. The van der Waals surface area contributed by atoms with Gasteiger partial charge in [0.25, 0.3) is 0 Å². The third-order valence-corrected chi connectivity index (χ3v) is 2.08. The first-order valence-electron chi connectivity index (χ1n) is 3.80. The highest BCUT2D eigenvalue weighted by atomic mass is 35.5. The Labute approximate surface area is 82.0 Å². The van der Waals surface area contributed by atoms with Crippen molar-refractivity contribution in [3.63, 3.8) is 0 Å². The van der Waals surface area contributed by atoms with E-state index in [9.17, 15) is 0 Å². The maximum absolute atomic E-state index is 8.78. The smallest absolute Gasteiger partial charge is 0.0856 e. The van der Waals surface area contributed by atoms with Gasteiger partial charge in [0.1, 0.15) is 0 Å². The van der Waals surface area contributed by atoms with Crippen LogP contribution in [0.3, 0.4) is 0 Å². The minimum Gasteiger partial charge on any atom is -0.198 e. The molecule has 13 heavy (non-hydrogen) atoms. The van der Waals surface area contributed by atoms with Crippen LogP contribution in [0.1, 0.15) is 17.9 Å². The number of nitriles is 2. The van der Waals surface area contributed by atoms with Crippen LogP contribution in [-0.4, -0.2) is 0 Å². The number of rotatable bonds is 2. The molecular formula is C10H7ClN2. The molecule has 0 radical (unpaired) electrons. The molecule has 0 aromatic heterocycles. The molecule has 2 nitrogen and oxygen atoms in total. The Morgan fingerprint density at radius 1 is 1.31 bits per heavy atom. The number of benzene rings is 1. The molecule has 1 rings (SSSR count). The second kappa shape index (κ2) is 4.50. The van der Waals surface area contributed by atoms with Crippen LogP contribution in [-0.2, 0) is 0 Å². The van der Waals surface area contributed by atoms with Gasteiger partial charge in [-0.15, -0.1) is 0 Å². The van der Waals surface area contributed by atoms with Gasteiger partial charge in [-0.2, -0.15) is 10.5 Å². The average Bonchev–Trinajstić information content (AvgIpc) is 2.16. The molecule has 1 aromatic rings. The Kier molecular flexibility index (Phi) is 3.31. The summed E-state index contributed by atoms with van der Waals surface area (Å²) >= 11 is 5.87. The fourth-order valence-electron chi connectivity index (χ4n) is 1.07. The highest BCUT2D eigenvalue weighted by Gasteiger charge is 2.12. The molecule has 1 atom stereocenters. The van der Waals surface area contributed by atoms with Crippen molar-refractivity contribution in [3.8, 4) is 12.1 Å². The zero-order chi connectivity index (χ0) is 9.68. The molecule has 0 spiro atoms. The standard InChI is InChI=1S/C10H7ClN2/c11-10-4-2-1-3-9(10)8(7-13)5-6-12/h1-4,8H,5H2/t8-/m0/s1. The van der Waals surface area contributed by atoms with Crippen LogP contribution in [0.25, 0.3) is 0 Å². The van der Waals surface area contributed by atoms with Crippen molar-refractivity contribution in [1.82, 2.24) is 0 Å². The lowest BCUT2D eigenvalue weighted by atomic mass is 9.98. The average molecular weight is 191 g/mol. The predicted octanol–water partition coefficient (Wildman–Crippen LogP) is 2.86. The van der Waals surface area contributed by atoms with E-state index < -0.39 is 5.92 Å². The molecule has 0 fully saturated rings. The Balaban J connectivity index is 3.01. The van der Waals surface area contributed by atoms with Crippen molar-refractivity contribution in [2.24, 2.45) is 0 Å². The topological polar surface area (TPSA) is 47.6 Å². The van der Waals surface area contributed by atoms with Gasteiger partial charge >= 0.3 is 0 Å². The summed E-state index contributed by atoms with van der Waals surface area (Å²) in [5.74, 6) is -0.418. The van der Waals surface area contributed by atoms with E-state index >= 15 is 0 Å². The normalized spacial score (nSPS) is 11.3. The number of halogens is 1. The summed E-state index contributed by atoms with van der Waals surface area (Å²) in [6, 6.07) is 11.1. The van der Waals surface area contributed by atoms with E-state index in [0.717, 1.165) is 5.56 Å². The molecule has 0 bridgehead atoms. The Morgan fingerprint density at radius 2 is 2.00 bits per heavy atom. The molecule has 3 heteroatoms. The molecule has 0 saturated carbocycles. The van der Waals surface area contributed by atoms with Gasteiger partial charge in [-0.3, -0.25) is 0 Å². The molecule has 0 unspecified atom stereocenters. The lowest BCUT2D eigenvalue weighted by Gasteiger charge is -2.06. The zero-order valence-corrected chi connectivity index (χ0v) is 7.62. The van der Waals surface area contributed by atoms with Gasteiger partial charge in [0.2, 0.25) is 0 Å². The monoisotopic (exact) mass is 190 g/mol. The summed E-state index contributed by atoms with van der Waals surface area (Å²) in [6.45, 7) is 0. The van der Waals surface area contributed by atoms with Crippen molar-refractivity contribution in [1.29, 1.82) is 10.5 Å². The van der Waals surface area contributed by atoms with Crippen LogP contribution < -0.4 is 0 Å². The molecule has 64 valence electrons. The maximum Gasteiger partial charge on any atom is 0.0856 e. The number of nitrogens with zero attached hydrogens (tertiary/aromatic N) is 2. The van der Waals surface area contributed by atoms with Crippen molar-refractivity contribution in [3.05, 3.63) is 34.9 Å². The second-order valence-electron chi connectivity index (χ2n) is 2.57. The SMILES string of the molecule is N#CC[C@@H](C#N)c1ccccc1Cl. The Hall–Kier alpha value is -1.51. The summed E-state index contributed by atoms with van der Waals surface area (Å²) in [4.78, 5) is 0. The molecular weight excluding hydrogens is 184 g/mol. The molecule has 0 amide bonds. The van der Waals surface area contributed by atoms with Crippen molar-refractivity contribution in [2.75, 3.05) is 0 Å². The first-order valence-corrected chi connectivity index (χ1v) is 4.18. The van der Waals surface area contributed by atoms with Crippen LogP contribution in [0.5, 0.6) is 0 Å². The third kappa shape index (κ3) is 2.21. The van der Waals surface area contributed by atoms with Gasteiger partial charge in [-0.05, 0) is 11.6 Å². The molecule has 0 aliphatic rings. The Bertz CT molecular complexity index is 373. The summed E-state index contributed by atoms with van der Waals surface area (Å²) < 4.78 is 0. The third-order valence-electron chi connectivity index (χ3n) is 1.73. The first kappa shape index (κ1) is 9.58. The molecule has 0 N–H and O–H groups in total. The molecule has 0 heterocycles. The largest absolute Gasteiger partial charge is 0.198 e. The summed E-state index contributed by atoms with van der Waals surface area (Å²) in [6.07, 6.45) is 0.181. The van der Waals surface area contributed by atoms with Gasteiger partial charge in [-0.1, -0.05) is 29.8 Å². The summed E-state index contributed by atoms with van der Waals surface area (Å²) in [5.41, 5.74) is 0.730. The number of hydrogen-bond acceptors (Lipinski definition) is 2. The van der Waals surface area contributed by atoms with Gasteiger partial charge < -0.3 is 0 Å². The van der Waals surface area contributed by atoms with E-state index in [-0.39, 0.29) is 6.42 Å². The van der Waals surface area contributed by atoms with Crippen molar-refractivity contribution >= 4 is 11.6 Å². The Morgan fingerprint density at radius 3 is 2.54 bits per heavy atom. The fourth-order valence-corrected chi connectivity index (χ4v) is 1.34. The maximum atomic E-state index is 8.78. The van der Waals surface area contributed by atoms with Gasteiger partial charge in [0.15, 0.2) is 0 Å². The van der Waals surface area contributed by atoms with Crippen LogP contribution >= 0.6 is 11.6 Å². The van der Waals surface area contributed by atoms with Crippen LogP contribution in [0.15, 0.2) is 24.3 Å². The lowest BCUT2D eigenvalue weighted by molar-refractivity contribution is 0.887. The van der Waals surface area contributed by atoms with E-state index in [1.54, 1.807) is 18.2 Å². The zero-order valence-electron chi connectivity index (χ0n) is 6.87. The lowest BCUT2D eigenvalue weighted by Crippen LogP contribution is -1.94. The van der Waals surface area contributed by atoms with E-state index in [2.05, 4.69) is 6.07 Å². The quantitative estimate of drug-likeness (QED) is 0.720. The highest BCUT2D eigenvalue weighted by Crippen LogP contribution is 2.25. The molecule has 0 aliphatic carbocycles. The van der Waals surface area contributed by atoms with E-state index in [4.69, 9.17) is 22.1 Å². The predicted molar refractivity (Wildman–Crippen MR) is 50.0 cm³/mol. The molecule has 1 aromatic carbocycles. The van der Waals surface area contributed by atoms with Gasteiger partial charge in [-0.25, -0.2) is 0 Å². The van der Waals surface area contributed by atoms with Crippen molar-refractivity contribution in [2.45, 2.75) is 12.3 Å².